The lowest BCUT2D eigenvalue weighted by molar-refractivity contribution is -0.123. The molecule has 0 aliphatic carbocycles. The number of aliphatic imine (C=N–C) groups is 1. The van der Waals surface area contributed by atoms with Gasteiger partial charge >= 0.3 is 0 Å². The van der Waals surface area contributed by atoms with Crippen LogP contribution in [-0.4, -0.2) is 41.0 Å². The highest BCUT2D eigenvalue weighted by Crippen LogP contribution is 2.24. The summed E-state index contributed by atoms with van der Waals surface area (Å²) in [6.45, 7) is 4.84. The standard InChI is InChI=1S/C23H26N6O3S/c1-3-16(2)21(27-22-19-9-4-5-10-20(19)33(31,32)28-22)23(30)25-12-17-7-6-8-18(11-17)13-29-15-24-14-26-29/h4-11,14-16,21H,3,12-13H2,1-2H3,(H,25,30)(H,27,28)/t16-,21-/m0/s1. The average Bonchev–Trinajstić information content (AvgIpc) is 3.41. The van der Waals surface area contributed by atoms with Crippen LogP contribution in [-0.2, 0) is 27.9 Å². The van der Waals surface area contributed by atoms with Crippen molar-refractivity contribution in [1.82, 2.24) is 24.8 Å². The molecule has 0 radical (unpaired) electrons. The monoisotopic (exact) mass is 466 g/mol. The van der Waals surface area contributed by atoms with E-state index in [0.717, 1.165) is 17.5 Å². The number of hydrogen-bond donors (Lipinski definition) is 2. The van der Waals surface area contributed by atoms with E-state index in [-0.39, 0.29) is 22.6 Å². The van der Waals surface area contributed by atoms with Gasteiger partial charge in [0.05, 0.1) is 11.4 Å². The molecule has 9 nitrogen and oxygen atoms in total. The largest absolute Gasteiger partial charge is 0.350 e. The molecular formula is C23H26N6O3S. The van der Waals surface area contributed by atoms with Crippen LogP contribution in [0.4, 0.5) is 0 Å². The van der Waals surface area contributed by atoms with Crippen LogP contribution < -0.4 is 10.0 Å². The summed E-state index contributed by atoms with van der Waals surface area (Å²) in [5, 5.41) is 7.08. The summed E-state index contributed by atoms with van der Waals surface area (Å²) in [5.41, 5.74) is 2.48. The zero-order valence-corrected chi connectivity index (χ0v) is 19.3. The molecule has 0 spiro atoms. The molecule has 0 saturated heterocycles. The molecule has 2 aromatic carbocycles. The van der Waals surface area contributed by atoms with E-state index in [1.54, 1.807) is 29.2 Å². The van der Waals surface area contributed by atoms with Crippen molar-refractivity contribution in [1.29, 1.82) is 0 Å². The number of nitrogens with one attached hydrogen (secondary N) is 2. The summed E-state index contributed by atoms with van der Waals surface area (Å²) in [6, 6.07) is 13.8. The van der Waals surface area contributed by atoms with Gasteiger partial charge in [0.2, 0.25) is 5.91 Å². The Kier molecular flexibility index (Phi) is 6.55. The van der Waals surface area contributed by atoms with Crippen molar-refractivity contribution in [3.05, 3.63) is 77.9 Å². The first kappa shape index (κ1) is 22.7. The lowest BCUT2D eigenvalue weighted by atomic mass is 9.98. The van der Waals surface area contributed by atoms with E-state index >= 15 is 0 Å². The molecule has 0 fully saturated rings. The predicted octanol–water partition coefficient (Wildman–Crippen LogP) is 2.10. The maximum Gasteiger partial charge on any atom is 0.263 e. The highest BCUT2D eigenvalue weighted by atomic mass is 32.2. The maximum atomic E-state index is 13.1. The Balaban J connectivity index is 1.50. The number of amidine groups is 1. The fourth-order valence-electron chi connectivity index (χ4n) is 3.67. The van der Waals surface area contributed by atoms with Gasteiger partial charge in [-0.15, -0.1) is 0 Å². The first-order chi connectivity index (χ1) is 15.9. The zero-order chi connectivity index (χ0) is 23.4. The van der Waals surface area contributed by atoms with Gasteiger partial charge in [-0.25, -0.2) is 18.1 Å². The number of carbonyl (C=O) groups is 1. The fourth-order valence-corrected chi connectivity index (χ4v) is 4.91. The molecule has 2 heterocycles. The normalized spacial score (nSPS) is 17.2. The van der Waals surface area contributed by atoms with E-state index in [4.69, 9.17) is 0 Å². The second kappa shape index (κ2) is 9.53. The molecule has 4 rings (SSSR count). The van der Waals surface area contributed by atoms with E-state index in [2.05, 4.69) is 25.1 Å². The number of fused-ring (bicyclic) bond motifs is 1. The Labute approximate surface area is 193 Å². The van der Waals surface area contributed by atoms with E-state index < -0.39 is 16.1 Å². The summed E-state index contributed by atoms with van der Waals surface area (Å²) >= 11 is 0. The predicted molar refractivity (Wildman–Crippen MR) is 124 cm³/mol. The SMILES string of the molecule is CC[C@H](C)[C@H](N=C1NS(=O)(=O)c2ccccc21)C(=O)NCc1cccc(Cn2cncn2)c1. The van der Waals surface area contributed by atoms with Gasteiger partial charge in [0, 0.05) is 12.1 Å². The van der Waals surface area contributed by atoms with Crippen LogP contribution in [0.3, 0.4) is 0 Å². The highest BCUT2D eigenvalue weighted by Gasteiger charge is 2.33. The number of rotatable bonds is 8. The minimum Gasteiger partial charge on any atom is -0.350 e. The zero-order valence-electron chi connectivity index (χ0n) is 18.5. The van der Waals surface area contributed by atoms with Gasteiger partial charge in [0.1, 0.15) is 24.5 Å². The van der Waals surface area contributed by atoms with Crippen LogP contribution in [0.2, 0.25) is 0 Å². The third-order valence-corrected chi connectivity index (χ3v) is 7.05. The molecule has 1 aliphatic heterocycles. The van der Waals surface area contributed by atoms with Gasteiger partial charge < -0.3 is 5.32 Å². The number of aromatic nitrogens is 3. The smallest absolute Gasteiger partial charge is 0.263 e. The number of benzene rings is 2. The number of amides is 1. The van der Waals surface area contributed by atoms with Crippen LogP contribution in [0.15, 0.2) is 71.1 Å². The van der Waals surface area contributed by atoms with Gasteiger partial charge in [-0.3, -0.25) is 14.5 Å². The minimum absolute atomic E-state index is 0.0755. The molecule has 10 heteroatoms. The lowest BCUT2D eigenvalue weighted by Gasteiger charge is -2.19. The number of carbonyl (C=O) groups excluding carboxylic acids is 1. The molecule has 0 bridgehead atoms. The summed E-state index contributed by atoms with van der Waals surface area (Å²) in [6.07, 6.45) is 3.86. The Hall–Kier alpha value is -3.53. The molecule has 172 valence electrons. The van der Waals surface area contributed by atoms with E-state index in [0.29, 0.717) is 18.7 Å². The summed E-state index contributed by atoms with van der Waals surface area (Å²) in [4.78, 5) is 21.8. The van der Waals surface area contributed by atoms with Gasteiger partial charge in [0.25, 0.3) is 10.0 Å². The highest BCUT2D eigenvalue weighted by molar-refractivity contribution is 7.90. The van der Waals surface area contributed by atoms with Crippen molar-refractivity contribution in [2.75, 3.05) is 0 Å². The van der Waals surface area contributed by atoms with Gasteiger partial charge in [-0.2, -0.15) is 5.10 Å². The molecular weight excluding hydrogens is 440 g/mol. The number of nitrogens with zero attached hydrogens (tertiary/aromatic N) is 4. The second-order valence-corrected chi connectivity index (χ2v) is 9.69. The van der Waals surface area contributed by atoms with Crippen molar-refractivity contribution in [3.63, 3.8) is 0 Å². The lowest BCUT2D eigenvalue weighted by Crippen LogP contribution is -2.38. The first-order valence-corrected chi connectivity index (χ1v) is 12.2. The Morgan fingerprint density at radius 1 is 1.18 bits per heavy atom. The van der Waals surface area contributed by atoms with E-state index in [1.165, 1.54) is 12.4 Å². The van der Waals surface area contributed by atoms with Gasteiger partial charge in [-0.05, 0) is 29.2 Å². The average molecular weight is 467 g/mol. The molecule has 1 aliphatic rings. The van der Waals surface area contributed by atoms with E-state index in [9.17, 15) is 13.2 Å². The fraction of sp³-hybridized carbons (Fsp3) is 0.304. The van der Waals surface area contributed by atoms with Gasteiger partial charge in [-0.1, -0.05) is 56.7 Å². The molecule has 0 saturated carbocycles. The topological polar surface area (TPSA) is 118 Å². The molecule has 1 amide bonds. The molecule has 3 aromatic rings. The summed E-state index contributed by atoms with van der Waals surface area (Å²) in [5.74, 6) is -0.114. The third kappa shape index (κ3) is 5.11. The van der Waals surface area contributed by atoms with Crippen molar-refractivity contribution in [2.24, 2.45) is 10.9 Å². The third-order valence-electron chi connectivity index (χ3n) is 5.65. The molecule has 0 unspecified atom stereocenters. The second-order valence-electron chi connectivity index (χ2n) is 8.04. The first-order valence-electron chi connectivity index (χ1n) is 10.8. The van der Waals surface area contributed by atoms with Crippen molar-refractivity contribution in [3.8, 4) is 0 Å². The summed E-state index contributed by atoms with van der Waals surface area (Å²) < 4.78 is 29.0. The van der Waals surface area contributed by atoms with E-state index in [1.807, 2.05) is 38.1 Å². The van der Waals surface area contributed by atoms with Crippen LogP contribution >= 0.6 is 0 Å². The van der Waals surface area contributed by atoms with Crippen molar-refractivity contribution >= 4 is 21.8 Å². The number of sulfonamides is 1. The molecule has 1 aromatic heterocycles. The van der Waals surface area contributed by atoms with Crippen LogP contribution in [0.25, 0.3) is 0 Å². The Morgan fingerprint density at radius 3 is 2.73 bits per heavy atom. The molecule has 2 atom stereocenters. The van der Waals surface area contributed by atoms with Crippen LogP contribution in [0, 0.1) is 5.92 Å². The molecule has 2 N–H and O–H groups in total. The quantitative estimate of drug-likeness (QED) is 0.527. The summed E-state index contributed by atoms with van der Waals surface area (Å²) in [7, 11) is -3.66. The number of hydrogen-bond acceptors (Lipinski definition) is 6. The Morgan fingerprint density at radius 2 is 1.97 bits per heavy atom. The molecule has 33 heavy (non-hydrogen) atoms. The van der Waals surface area contributed by atoms with Crippen LogP contribution in [0.5, 0.6) is 0 Å². The van der Waals surface area contributed by atoms with Gasteiger partial charge in [0.15, 0.2) is 0 Å². The van der Waals surface area contributed by atoms with Crippen molar-refractivity contribution in [2.45, 2.75) is 44.3 Å². The minimum atomic E-state index is -3.66. The van der Waals surface area contributed by atoms with Crippen molar-refractivity contribution < 1.29 is 13.2 Å². The van der Waals surface area contributed by atoms with Crippen LogP contribution in [0.1, 0.15) is 37.0 Å². The Bertz CT molecular complexity index is 1270. The maximum absolute atomic E-state index is 13.1.